The van der Waals surface area contributed by atoms with E-state index in [-0.39, 0.29) is 18.5 Å². The number of hydrogen-bond donors (Lipinski definition) is 1. The lowest BCUT2D eigenvalue weighted by molar-refractivity contribution is -0.0449. The number of rotatable bonds is 5. The van der Waals surface area contributed by atoms with Crippen LogP contribution in [0.4, 0.5) is 0 Å². The molecule has 2 heterocycles. The summed E-state index contributed by atoms with van der Waals surface area (Å²) in [6, 6.07) is 1.62. The molecule has 0 saturated carbocycles. The zero-order valence-corrected chi connectivity index (χ0v) is 9.55. The van der Waals surface area contributed by atoms with Gasteiger partial charge in [-0.05, 0) is 25.3 Å². The number of aromatic carboxylic acids is 1. The SMILES string of the molecule is O=C(O)c1occc1COCC1CCCCO1. The highest BCUT2D eigenvalue weighted by Gasteiger charge is 2.16. The highest BCUT2D eigenvalue weighted by Crippen LogP contribution is 2.15. The molecule has 0 aromatic carbocycles. The van der Waals surface area contributed by atoms with Crippen LogP contribution in [0, 0.1) is 0 Å². The first-order valence-corrected chi connectivity index (χ1v) is 5.76. The minimum atomic E-state index is -1.07. The second-order valence-corrected chi connectivity index (χ2v) is 4.08. The van der Waals surface area contributed by atoms with Gasteiger partial charge in [-0.3, -0.25) is 0 Å². The molecule has 2 rings (SSSR count). The van der Waals surface area contributed by atoms with Crippen LogP contribution >= 0.6 is 0 Å². The number of carbonyl (C=O) groups is 1. The van der Waals surface area contributed by atoms with Gasteiger partial charge in [-0.1, -0.05) is 0 Å². The maximum atomic E-state index is 10.8. The van der Waals surface area contributed by atoms with Gasteiger partial charge in [0.1, 0.15) is 0 Å². The Morgan fingerprint density at radius 3 is 3.12 bits per heavy atom. The maximum Gasteiger partial charge on any atom is 0.372 e. The van der Waals surface area contributed by atoms with Gasteiger partial charge in [-0.25, -0.2) is 4.79 Å². The standard InChI is InChI=1S/C12H16O5/c13-12(14)11-9(4-6-17-11)7-15-8-10-3-1-2-5-16-10/h4,6,10H,1-3,5,7-8H2,(H,13,14). The molecule has 1 aromatic rings. The average Bonchev–Trinajstić information content (AvgIpc) is 2.79. The monoisotopic (exact) mass is 240 g/mol. The Hall–Kier alpha value is -1.33. The first-order valence-electron chi connectivity index (χ1n) is 5.76. The molecule has 0 bridgehead atoms. The first-order chi connectivity index (χ1) is 8.27. The summed E-state index contributed by atoms with van der Waals surface area (Å²) in [7, 11) is 0. The highest BCUT2D eigenvalue weighted by molar-refractivity contribution is 5.85. The number of furan rings is 1. The van der Waals surface area contributed by atoms with Crippen molar-refractivity contribution in [3.63, 3.8) is 0 Å². The first kappa shape index (κ1) is 12.1. The van der Waals surface area contributed by atoms with Gasteiger partial charge >= 0.3 is 5.97 Å². The van der Waals surface area contributed by atoms with Gasteiger partial charge in [0, 0.05) is 12.2 Å². The van der Waals surface area contributed by atoms with Crippen molar-refractivity contribution in [3.05, 3.63) is 23.7 Å². The summed E-state index contributed by atoms with van der Waals surface area (Å²) < 4.78 is 15.8. The zero-order valence-electron chi connectivity index (χ0n) is 9.55. The quantitative estimate of drug-likeness (QED) is 0.853. The van der Waals surface area contributed by atoms with Crippen LogP contribution in [-0.2, 0) is 16.1 Å². The Bertz CT molecular complexity index is 365. The Kier molecular flexibility index (Phi) is 4.17. The minimum Gasteiger partial charge on any atom is -0.475 e. The lowest BCUT2D eigenvalue weighted by Crippen LogP contribution is -2.24. The number of carboxylic acids is 1. The van der Waals surface area contributed by atoms with Crippen molar-refractivity contribution in [2.75, 3.05) is 13.2 Å². The van der Waals surface area contributed by atoms with E-state index < -0.39 is 5.97 Å². The van der Waals surface area contributed by atoms with Crippen molar-refractivity contribution in [3.8, 4) is 0 Å². The Labute approximate surface area is 99.3 Å². The van der Waals surface area contributed by atoms with Gasteiger partial charge in [0.25, 0.3) is 0 Å². The Morgan fingerprint density at radius 1 is 1.53 bits per heavy atom. The van der Waals surface area contributed by atoms with Gasteiger partial charge in [-0.2, -0.15) is 0 Å². The molecule has 1 aromatic heterocycles. The van der Waals surface area contributed by atoms with Crippen molar-refractivity contribution < 1.29 is 23.8 Å². The average molecular weight is 240 g/mol. The molecule has 5 heteroatoms. The largest absolute Gasteiger partial charge is 0.475 e. The van der Waals surface area contributed by atoms with Crippen molar-refractivity contribution in [2.45, 2.75) is 32.0 Å². The summed E-state index contributed by atoms with van der Waals surface area (Å²) >= 11 is 0. The van der Waals surface area contributed by atoms with Gasteiger partial charge in [0.05, 0.1) is 25.6 Å². The lowest BCUT2D eigenvalue weighted by Gasteiger charge is -2.22. The predicted octanol–water partition coefficient (Wildman–Crippen LogP) is 2.06. The summed E-state index contributed by atoms with van der Waals surface area (Å²) in [5, 5.41) is 8.83. The lowest BCUT2D eigenvalue weighted by atomic mass is 10.1. The third-order valence-corrected chi connectivity index (χ3v) is 2.78. The Morgan fingerprint density at radius 2 is 2.41 bits per heavy atom. The molecular weight excluding hydrogens is 224 g/mol. The van der Waals surface area contributed by atoms with Crippen molar-refractivity contribution in [1.29, 1.82) is 0 Å². The molecule has 5 nitrogen and oxygen atoms in total. The molecule has 1 aliphatic heterocycles. The number of ether oxygens (including phenoxy) is 2. The van der Waals surface area contributed by atoms with E-state index >= 15 is 0 Å². The molecular formula is C12H16O5. The fraction of sp³-hybridized carbons (Fsp3) is 0.583. The van der Waals surface area contributed by atoms with Crippen molar-refractivity contribution in [2.24, 2.45) is 0 Å². The van der Waals surface area contributed by atoms with E-state index in [0.717, 1.165) is 19.4 Å². The molecule has 0 aliphatic carbocycles. The van der Waals surface area contributed by atoms with E-state index in [4.69, 9.17) is 19.0 Å². The normalized spacial score (nSPS) is 20.4. The fourth-order valence-corrected chi connectivity index (χ4v) is 1.88. The second kappa shape index (κ2) is 5.84. The van der Waals surface area contributed by atoms with Crippen LogP contribution in [0.15, 0.2) is 16.7 Å². The Balaban J connectivity index is 1.77. The van der Waals surface area contributed by atoms with Crippen LogP contribution in [0.3, 0.4) is 0 Å². The molecule has 0 radical (unpaired) electrons. The summed E-state index contributed by atoms with van der Waals surface area (Å²) in [6.07, 6.45) is 4.79. The van der Waals surface area contributed by atoms with E-state index in [9.17, 15) is 4.79 Å². The molecule has 1 N–H and O–H groups in total. The van der Waals surface area contributed by atoms with Crippen LogP contribution in [-0.4, -0.2) is 30.4 Å². The van der Waals surface area contributed by atoms with Crippen LogP contribution in [0.5, 0.6) is 0 Å². The second-order valence-electron chi connectivity index (χ2n) is 4.08. The molecule has 17 heavy (non-hydrogen) atoms. The minimum absolute atomic E-state index is 0.0467. The van der Waals surface area contributed by atoms with E-state index in [1.165, 1.54) is 12.7 Å². The molecule has 1 saturated heterocycles. The van der Waals surface area contributed by atoms with Crippen LogP contribution in [0.25, 0.3) is 0 Å². The molecule has 0 spiro atoms. The van der Waals surface area contributed by atoms with E-state index in [0.29, 0.717) is 12.2 Å². The van der Waals surface area contributed by atoms with Crippen LogP contribution in [0.1, 0.15) is 35.4 Å². The van der Waals surface area contributed by atoms with Gasteiger partial charge in [-0.15, -0.1) is 0 Å². The molecule has 94 valence electrons. The molecule has 1 fully saturated rings. The smallest absolute Gasteiger partial charge is 0.372 e. The number of hydrogen-bond acceptors (Lipinski definition) is 4. The molecule has 1 aliphatic rings. The fourth-order valence-electron chi connectivity index (χ4n) is 1.88. The summed E-state index contributed by atoms with van der Waals surface area (Å²) in [5.41, 5.74) is 0.563. The molecule has 1 atom stereocenters. The number of carboxylic acid groups (broad SMARTS) is 1. The van der Waals surface area contributed by atoms with Gasteiger partial charge in [0.2, 0.25) is 5.76 Å². The van der Waals surface area contributed by atoms with E-state index in [1.807, 2.05) is 0 Å². The zero-order chi connectivity index (χ0) is 12.1. The topological polar surface area (TPSA) is 68.9 Å². The van der Waals surface area contributed by atoms with Gasteiger partial charge in [0.15, 0.2) is 0 Å². The summed E-state index contributed by atoms with van der Waals surface area (Å²) in [4.78, 5) is 10.8. The highest BCUT2D eigenvalue weighted by atomic mass is 16.5. The molecule has 1 unspecified atom stereocenters. The van der Waals surface area contributed by atoms with E-state index in [2.05, 4.69) is 0 Å². The van der Waals surface area contributed by atoms with E-state index in [1.54, 1.807) is 6.07 Å². The van der Waals surface area contributed by atoms with Crippen LogP contribution in [0.2, 0.25) is 0 Å². The van der Waals surface area contributed by atoms with Crippen LogP contribution < -0.4 is 0 Å². The van der Waals surface area contributed by atoms with Gasteiger partial charge < -0.3 is 19.0 Å². The molecule has 0 amide bonds. The van der Waals surface area contributed by atoms with Crippen molar-refractivity contribution in [1.82, 2.24) is 0 Å². The predicted molar refractivity (Wildman–Crippen MR) is 58.9 cm³/mol. The van der Waals surface area contributed by atoms with Crippen molar-refractivity contribution >= 4 is 5.97 Å². The summed E-state index contributed by atoms with van der Waals surface area (Å²) in [6.45, 7) is 1.54. The summed E-state index contributed by atoms with van der Waals surface area (Å²) in [5.74, 6) is -1.11. The third-order valence-electron chi connectivity index (χ3n) is 2.78. The maximum absolute atomic E-state index is 10.8. The third kappa shape index (κ3) is 3.31.